The molecule has 2 nitrogen and oxygen atoms in total. The molecule has 0 bridgehead atoms. The summed E-state index contributed by atoms with van der Waals surface area (Å²) >= 11 is 2.00. The molecule has 1 N–H and O–H groups in total. The van der Waals surface area contributed by atoms with Gasteiger partial charge in [-0.05, 0) is 30.9 Å². The minimum Gasteiger partial charge on any atom is -0.481 e. The fourth-order valence-corrected chi connectivity index (χ4v) is 3.12. The van der Waals surface area contributed by atoms with E-state index >= 15 is 0 Å². The second kappa shape index (κ2) is 4.75. The lowest BCUT2D eigenvalue weighted by molar-refractivity contribution is -0.138. The van der Waals surface area contributed by atoms with E-state index in [4.69, 9.17) is 5.11 Å². The predicted octanol–water partition coefficient (Wildman–Crippen LogP) is 2.38. The van der Waals surface area contributed by atoms with Crippen LogP contribution < -0.4 is 0 Å². The first kappa shape index (κ1) is 9.90. The topological polar surface area (TPSA) is 37.3 Å². The van der Waals surface area contributed by atoms with E-state index in [2.05, 4.69) is 6.92 Å². The SMILES string of the molecule is CCC1CC(CC(=O)O)CCS1. The Labute approximate surface area is 77.7 Å². The van der Waals surface area contributed by atoms with Gasteiger partial charge in [-0.25, -0.2) is 0 Å². The second-order valence-corrected chi connectivity index (χ2v) is 4.80. The van der Waals surface area contributed by atoms with Crippen LogP contribution in [0.1, 0.15) is 32.6 Å². The molecule has 1 saturated heterocycles. The quantitative estimate of drug-likeness (QED) is 0.739. The molecular weight excluding hydrogens is 172 g/mol. The fraction of sp³-hybridized carbons (Fsp3) is 0.889. The van der Waals surface area contributed by atoms with Gasteiger partial charge in [0.2, 0.25) is 0 Å². The minimum atomic E-state index is -0.637. The van der Waals surface area contributed by atoms with E-state index in [0.717, 1.165) is 18.6 Å². The molecule has 0 radical (unpaired) electrons. The van der Waals surface area contributed by atoms with Crippen LogP contribution in [0.15, 0.2) is 0 Å². The van der Waals surface area contributed by atoms with Crippen molar-refractivity contribution in [3.63, 3.8) is 0 Å². The molecule has 0 aromatic heterocycles. The molecule has 0 amide bonds. The Kier molecular flexibility index (Phi) is 3.92. The first-order valence-electron chi connectivity index (χ1n) is 4.55. The van der Waals surface area contributed by atoms with Gasteiger partial charge in [0.15, 0.2) is 0 Å². The van der Waals surface area contributed by atoms with Crippen molar-refractivity contribution in [2.24, 2.45) is 5.92 Å². The van der Waals surface area contributed by atoms with Gasteiger partial charge in [-0.1, -0.05) is 6.92 Å². The van der Waals surface area contributed by atoms with Gasteiger partial charge in [0.05, 0.1) is 0 Å². The third kappa shape index (κ3) is 3.05. The highest BCUT2D eigenvalue weighted by Crippen LogP contribution is 2.32. The number of carboxylic acids is 1. The normalized spacial score (nSPS) is 30.1. The van der Waals surface area contributed by atoms with Crippen LogP contribution in [0.2, 0.25) is 0 Å². The summed E-state index contributed by atoms with van der Waals surface area (Å²) in [4.78, 5) is 10.5. The van der Waals surface area contributed by atoms with Crippen molar-refractivity contribution in [2.45, 2.75) is 37.9 Å². The van der Waals surface area contributed by atoms with Crippen LogP contribution in [0.5, 0.6) is 0 Å². The molecule has 0 aliphatic carbocycles. The van der Waals surface area contributed by atoms with Crippen LogP contribution in [0.4, 0.5) is 0 Å². The van der Waals surface area contributed by atoms with Crippen LogP contribution in [0.3, 0.4) is 0 Å². The molecule has 1 rings (SSSR count). The highest BCUT2D eigenvalue weighted by atomic mass is 32.2. The minimum absolute atomic E-state index is 0.372. The van der Waals surface area contributed by atoms with E-state index in [1.807, 2.05) is 11.8 Å². The van der Waals surface area contributed by atoms with Crippen LogP contribution in [-0.2, 0) is 4.79 Å². The van der Waals surface area contributed by atoms with E-state index in [1.165, 1.54) is 6.42 Å². The molecule has 0 saturated carbocycles. The molecule has 3 heteroatoms. The van der Waals surface area contributed by atoms with Crippen LogP contribution in [0, 0.1) is 5.92 Å². The largest absolute Gasteiger partial charge is 0.481 e. The summed E-state index contributed by atoms with van der Waals surface area (Å²) in [6.07, 6.45) is 3.75. The third-order valence-electron chi connectivity index (χ3n) is 2.39. The maximum absolute atomic E-state index is 10.5. The summed E-state index contributed by atoms with van der Waals surface area (Å²) in [6, 6.07) is 0. The maximum atomic E-state index is 10.5. The average molecular weight is 188 g/mol. The molecule has 1 aliphatic heterocycles. The molecule has 2 atom stereocenters. The molecule has 1 aliphatic rings. The molecule has 1 heterocycles. The fourth-order valence-electron chi connectivity index (χ4n) is 1.68. The molecule has 0 aromatic carbocycles. The standard InChI is InChI=1S/C9H16O2S/c1-2-8-5-7(3-4-12-8)6-9(10)11/h7-8H,2-6H2,1H3,(H,10,11). The van der Waals surface area contributed by atoms with Crippen LogP contribution in [-0.4, -0.2) is 22.1 Å². The summed E-state index contributed by atoms with van der Waals surface area (Å²) in [7, 11) is 0. The Bertz CT molecular complexity index is 159. The lowest BCUT2D eigenvalue weighted by Crippen LogP contribution is -2.20. The summed E-state index contributed by atoms with van der Waals surface area (Å²) in [5, 5.41) is 9.33. The van der Waals surface area contributed by atoms with Gasteiger partial charge in [-0.15, -0.1) is 0 Å². The number of hydrogen-bond donors (Lipinski definition) is 1. The van der Waals surface area contributed by atoms with Crippen molar-refractivity contribution in [3.05, 3.63) is 0 Å². The lowest BCUT2D eigenvalue weighted by Gasteiger charge is -2.26. The number of hydrogen-bond acceptors (Lipinski definition) is 2. The highest BCUT2D eigenvalue weighted by Gasteiger charge is 2.22. The van der Waals surface area contributed by atoms with Gasteiger partial charge < -0.3 is 5.11 Å². The number of rotatable bonds is 3. The molecule has 0 spiro atoms. The lowest BCUT2D eigenvalue weighted by atomic mass is 9.95. The summed E-state index contributed by atoms with van der Waals surface area (Å²) in [6.45, 7) is 2.18. The number of thioether (sulfide) groups is 1. The Morgan fingerprint density at radius 3 is 3.00 bits per heavy atom. The van der Waals surface area contributed by atoms with Crippen molar-refractivity contribution in [2.75, 3.05) is 5.75 Å². The summed E-state index contributed by atoms with van der Waals surface area (Å²) in [5.74, 6) is 0.951. The third-order valence-corrected chi connectivity index (χ3v) is 3.86. The predicted molar refractivity (Wildman–Crippen MR) is 51.5 cm³/mol. The first-order valence-corrected chi connectivity index (χ1v) is 5.60. The monoisotopic (exact) mass is 188 g/mol. The summed E-state index contributed by atoms with van der Waals surface area (Å²) < 4.78 is 0. The van der Waals surface area contributed by atoms with Gasteiger partial charge in [-0.3, -0.25) is 4.79 Å². The van der Waals surface area contributed by atoms with Crippen molar-refractivity contribution in [3.8, 4) is 0 Å². The van der Waals surface area contributed by atoms with Crippen molar-refractivity contribution in [1.29, 1.82) is 0 Å². The number of aliphatic carboxylic acids is 1. The van der Waals surface area contributed by atoms with Crippen molar-refractivity contribution < 1.29 is 9.90 Å². The number of carbonyl (C=O) groups is 1. The van der Waals surface area contributed by atoms with E-state index in [9.17, 15) is 4.79 Å². The Morgan fingerprint density at radius 2 is 2.42 bits per heavy atom. The van der Waals surface area contributed by atoms with Gasteiger partial charge in [0.1, 0.15) is 0 Å². The van der Waals surface area contributed by atoms with E-state index in [1.54, 1.807) is 0 Å². The van der Waals surface area contributed by atoms with Crippen LogP contribution in [0.25, 0.3) is 0 Å². The molecule has 2 unspecified atom stereocenters. The zero-order valence-electron chi connectivity index (χ0n) is 7.45. The Hall–Kier alpha value is -0.180. The highest BCUT2D eigenvalue weighted by molar-refractivity contribution is 7.99. The average Bonchev–Trinajstić information content (AvgIpc) is 2.03. The van der Waals surface area contributed by atoms with Gasteiger partial charge >= 0.3 is 5.97 Å². The number of carboxylic acid groups (broad SMARTS) is 1. The Morgan fingerprint density at radius 1 is 1.67 bits per heavy atom. The summed E-state index contributed by atoms with van der Waals surface area (Å²) in [5.41, 5.74) is 0. The van der Waals surface area contributed by atoms with E-state index in [-0.39, 0.29) is 0 Å². The van der Waals surface area contributed by atoms with E-state index < -0.39 is 5.97 Å². The van der Waals surface area contributed by atoms with Gasteiger partial charge in [-0.2, -0.15) is 11.8 Å². The van der Waals surface area contributed by atoms with Crippen LogP contribution >= 0.6 is 11.8 Å². The molecule has 70 valence electrons. The maximum Gasteiger partial charge on any atom is 0.303 e. The molecule has 1 fully saturated rings. The molecule has 0 aromatic rings. The van der Waals surface area contributed by atoms with Gasteiger partial charge in [0, 0.05) is 11.7 Å². The first-order chi connectivity index (χ1) is 5.72. The van der Waals surface area contributed by atoms with E-state index in [0.29, 0.717) is 17.6 Å². The second-order valence-electron chi connectivity index (χ2n) is 3.39. The zero-order chi connectivity index (χ0) is 8.97. The molecule has 12 heavy (non-hydrogen) atoms. The van der Waals surface area contributed by atoms with Gasteiger partial charge in [0.25, 0.3) is 0 Å². The van der Waals surface area contributed by atoms with Crippen molar-refractivity contribution >= 4 is 17.7 Å². The van der Waals surface area contributed by atoms with Crippen molar-refractivity contribution in [1.82, 2.24) is 0 Å². The Balaban J connectivity index is 2.30. The smallest absolute Gasteiger partial charge is 0.303 e. The molecular formula is C9H16O2S. The zero-order valence-corrected chi connectivity index (χ0v) is 8.27.